The summed E-state index contributed by atoms with van der Waals surface area (Å²) in [5, 5.41) is 1.31. The third kappa shape index (κ3) is 1.75. The average molecular weight is 313 g/mol. The Balaban J connectivity index is 2.66. The predicted molar refractivity (Wildman–Crippen MR) is 80.8 cm³/mol. The highest BCUT2D eigenvalue weighted by Crippen LogP contribution is 2.39. The third-order valence-corrected chi connectivity index (χ3v) is 4.42. The molecule has 0 amide bonds. The van der Waals surface area contributed by atoms with Gasteiger partial charge in [0.05, 0.1) is 10.7 Å². The highest BCUT2D eigenvalue weighted by molar-refractivity contribution is 6.45. The Labute approximate surface area is 124 Å². The second-order valence-electron chi connectivity index (χ2n) is 4.30. The molecule has 0 unspecified atom stereocenters. The molecule has 0 fully saturated rings. The van der Waals surface area contributed by atoms with Gasteiger partial charge in [-0.25, -0.2) is 0 Å². The summed E-state index contributed by atoms with van der Waals surface area (Å²) in [4.78, 5) is 11.9. The third-order valence-electron chi connectivity index (χ3n) is 3.22. The number of fused-ring (bicyclic) bond motifs is 2. The first-order valence-electron chi connectivity index (χ1n) is 5.57. The van der Waals surface area contributed by atoms with Crippen molar-refractivity contribution in [2.45, 2.75) is 0 Å². The summed E-state index contributed by atoms with van der Waals surface area (Å²) in [5.74, 6) is 0. The normalized spacial score (nSPS) is 11.4. The molecule has 1 aromatic carbocycles. The number of aryl methyl sites for hydroxylation is 1. The molecule has 0 N–H and O–H groups in total. The highest BCUT2D eigenvalue weighted by atomic mass is 35.5. The Morgan fingerprint density at radius 1 is 1.00 bits per heavy atom. The molecule has 96 valence electrons. The highest BCUT2D eigenvalue weighted by Gasteiger charge is 2.22. The van der Waals surface area contributed by atoms with Crippen molar-refractivity contribution in [1.82, 2.24) is 4.57 Å². The van der Waals surface area contributed by atoms with Crippen LogP contribution in [0.2, 0.25) is 15.1 Å². The summed E-state index contributed by atoms with van der Waals surface area (Å²) in [6.07, 6.45) is 0. The standard InChI is InChI=1S/C14H8Cl3NO/c1-18-9-5-3-2-4-7(9)6-8-10(15)11(16)14(19)12(17)13(8)18/h2-6H,1H3. The molecular weight excluding hydrogens is 305 g/mol. The van der Waals surface area contributed by atoms with Gasteiger partial charge in [-0.2, -0.15) is 0 Å². The van der Waals surface area contributed by atoms with E-state index in [0.29, 0.717) is 11.3 Å². The number of rotatable bonds is 0. The summed E-state index contributed by atoms with van der Waals surface area (Å²) in [6.45, 7) is 0. The molecule has 19 heavy (non-hydrogen) atoms. The zero-order valence-electron chi connectivity index (χ0n) is 9.88. The topological polar surface area (TPSA) is 22.0 Å². The summed E-state index contributed by atoms with van der Waals surface area (Å²) in [5.41, 5.74) is 1.80. The first-order chi connectivity index (χ1) is 9.02. The van der Waals surface area contributed by atoms with Crippen molar-refractivity contribution in [3.63, 3.8) is 0 Å². The fraction of sp³-hybridized carbons (Fsp3) is 0.0714. The van der Waals surface area contributed by atoms with E-state index in [9.17, 15) is 4.79 Å². The second-order valence-corrected chi connectivity index (χ2v) is 5.43. The molecule has 0 saturated carbocycles. The van der Waals surface area contributed by atoms with Crippen LogP contribution in [0.1, 0.15) is 0 Å². The van der Waals surface area contributed by atoms with Crippen LogP contribution in [0.3, 0.4) is 0 Å². The van der Waals surface area contributed by atoms with Crippen LogP contribution in [-0.2, 0) is 7.05 Å². The van der Waals surface area contributed by atoms with E-state index in [4.69, 9.17) is 34.8 Å². The molecule has 0 spiro atoms. The Hall–Kier alpha value is -1.22. The SMILES string of the molecule is Cn1c2c(Cl)c(=O)c(Cl)c(Cl)c-2cc2ccccc21. The van der Waals surface area contributed by atoms with Crippen LogP contribution in [0, 0.1) is 0 Å². The fourth-order valence-corrected chi connectivity index (χ4v) is 3.09. The van der Waals surface area contributed by atoms with Crippen molar-refractivity contribution < 1.29 is 0 Å². The number of para-hydroxylation sites is 1. The lowest BCUT2D eigenvalue weighted by Gasteiger charge is -2.18. The van der Waals surface area contributed by atoms with Crippen LogP contribution >= 0.6 is 34.8 Å². The lowest BCUT2D eigenvalue weighted by molar-refractivity contribution is 0.960. The van der Waals surface area contributed by atoms with Crippen molar-refractivity contribution >= 4 is 45.7 Å². The zero-order chi connectivity index (χ0) is 13.7. The van der Waals surface area contributed by atoms with Crippen LogP contribution in [0.15, 0.2) is 35.1 Å². The predicted octanol–water partition coefficient (Wildman–Crippen LogP) is 4.60. The Kier molecular flexibility index (Phi) is 2.97. The van der Waals surface area contributed by atoms with E-state index in [-0.39, 0.29) is 15.1 Å². The van der Waals surface area contributed by atoms with Gasteiger partial charge >= 0.3 is 0 Å². The number of hydrogen-bond acceptors (Lipinski definition) is 1. The van der Waals surface area contributed by atoms with E-state index in [2.05, 4.69) is 0 Å². The Bertz CT molecular complexity index is 838. The Morgan fingerprint density at radius 3 is 2.42 bits per heavy atom. The van der Waals surface area contributed by atoms with E-state index in [1.54, 1.807) is 0 Å². The smallest absolute Gasteiger partial charge is 0.219 e. The molecule has 0 saturated heterocycles. The molecule has 1 heterocycles. The average Bonchev–Trinajstić information content (AvgIpc) is 2.43. The van der Waals surface area contributed by atoms with Gasteiger partial charge in [-0.3, -0.25) is 4.79 Å². The minimum absolute atomic E-state index is 0.0329. The molecule has 1 aliphatic heterocycles. The summed E-state index contributed by atoms with van der Waals surface area (Å²) in [6, 6.07) is 9.69. The lowest BCUT2D eigenvalue weighted by atomic mass is 10.0. The molecule has 0 radical (unpaired) electrons. The fourth-order valence-electron chi connectivity index (χ4n) is 2.29. The Morgan fingerprint density at radius 2 is 1.68 bits per heavy atom. The number of hydrogen-bond donors (Lipinski definition) is 0. The van der Waals surface area contributed by atoms with Gasteiger partial charge in [0.25, 0.3) is 0 Å². The monoisotopic (exact) mass is 311 g/mol. The van der Waals surface area contributed by atoms with E-state index in [0.717, 1.165) is 10.9 Å². The van der Waals surface area contributed by atoms with Gasteiger partial charge in [-0.15, -0.1) is 0 Å². The maximum Gasteiger partial charge on any atom is 0.219 e. The van der Waals surface area contributed by atoms with E-state index in [1.165, 1.54) is 0 Å². The van der Waals surface area contributed by atoms with Gasteiger partial charge in [-0.05, 0) is 17.5 Å². The molecule has 2 nitrogen and oxygen atoms in total. The zero-order valence-corrected chi connectivity index (χ0v) is 12.1. The quantitative estimate of drug-likeness (QED) is 0.439. The molecule has 0 atom stereocenters. The van der Waals surface area contributed by atoms with Crippen molar-refractivity contribution in [2.24, 2.45) is 7.05 Å². The summed E-state index contributed by atoms with van der Waals surface area (Å²) in [7, 11) is 1.85. The molecule has 3 rings (SSSR count). The molecule has 1 aliphatic carbocycles. The van der Waals surface area contributed by atoms with E-state index in [1.807, 2.05) is 41.9 Å². The van der Waals surface area contributed by atoms with Crippen LogP contribution in [0.25, 0.3) is 22.2 Å². The largest absolute Gasteiger partial charge is 0.342 e. The molecule has 0 aromatic heterocycles. The van der Waals surface area contributed by atoms with Gasteiger partial charge < -0.3 is 4.57 Å². The minimum Gasteiger partial charge on any atom is -0.342 e. The molecule has 1 aromatic rings. The van der Waals surface area contributed by atoms with Gasteiger partial charge in [0.1, 0.15) is 10.0 Å². The van der Waals surface area contributed by atoms with Gasteiger partial charge in [0.15, 0.2) is 0 Å². The molecular formula is C14H8Cl3NO. The summed E-state index contributed by atoms with van der Waals surface area (Å²) >= 11 is 18.2. The van der Waals surface area contributed by atoms with Crippen LogP contribution < -0.4 is 5.43 Å². The number of aromatic nitrogens is 1. The molecule has 0 bridgehead atoms. The second kappa shape index (κ2) is 4.41. The van der Waals surface area contributed by atoms with Gasteiger partial charge in [0.2, 0.25) is 5.43 Å². The van der Waals surface area contributed by atoms with E-state index < -0.39 is 5.43 Å². The van der Waals surface area contributed by atoms with Crippen molar-refractivity contribution in [3.8, 4) is 11.3 Å². The number of halogens is 3. The van der Waals surface area contributed by atoms with Crippen molar-refractivity contribution in [3.05, 3.63) is 55.6 Å². The maximum absolute atomic E-state index is 11.9. The first-order valence-corrected chi connectivity index (χ1v) is 6.70. The summed E-state index contributed by atoms with van der Waals surface area (Å²) < 4.78 is 1.86. The van der Waals surface area contributed by atoms with Crippen LogP contribution in [-0.4, -0.2) is 4.57 Å². The number of nitrogens with zero attached hydrogens (tertiary/aromatic N) is 1. The van der Waals surface area contributed by atoms with Gasteiger partial charge in [-0.1, -0.05) is 53.0 Å². The van der Waals surface area contributed by atoms with Crippen molar-refractivity contribution in [2.75, 3.05) is 0 Å². The molecule has 2 aliphatic rings. The minimum atomic E-state index is -0.438. The van der Waals surface area contributed by atoms with Crippen LogP contribution in [0.4, 0.5) is 0 Å². The molecule has 5 heteroatoms. The van der Waals surface area contributed by atoms with E-state index >= 15 is 0 Å². The van der Waals surface area contributed by atoms with Crippen molar-refractivity contribution in [1.29, 1.82) is 0 Å². The van der Waals surface area contributed by atoms with Gasteiger partial charge in [0, 0.05) is 18.1 Å². The number of pyridine rings is 1. The first kappa shape index (κ1) is 12.8. The maximum atomic E-state index is 11.9. The lowest BCUT2D eigenvalue weighted by Crippen LogP contribution is -2.11. The van der Waals surface area contributed by atoms with Crippen LogP contribution in [0.5, 0.6) is 0 Å². The number of benzene rings is 2.